The standard InChI is InChI=1S/C13H18BrNO2/c1-13(2,3)6-7-17-12(16)10-8-9(15)4-5-11(10)14/h4-5,8H,6-7,15H2,1-3H3. The molecule has 0 heterocycles. The lowest BCUT2D eigenvalue weighted by molar-refractivity contribution is 0.0464. The number of nitrogens with two attached hydrogens (primary N) is 1. The third-order valence-electron chi connectivity index (χ3n) is 2.30. The lowest BCUT2D eigenvalue weighted by Gasteiger charge is -2.17. The molecular formula is C13H18BrNO2. The number of hydrogen-bond donors (Lipinski definition) is 1. The van der Waals surface area contributed by atoms with Crippen LogP contribution in [-0.4, -0.2) is 12.6 Å². The average molecular weight is 300 g/mol. The molecule has 4 heteroatoms. The normalized spacial score (nSPS) is 11.3. The van der Waals surface area contributed by atoms with Crippen molar-refractivity contribution >= 4 is 27.6 Å². The number of esters is 1. The van der Waals surface area contributed by atoms with E-state index >= 15 is 0 Å². The molecule has 0 bridgehead atoms. The van der Waals surface area contributed by atoms with Crippen LogP contribution in [0.25, 0.3) is 0 Å². The highest BCUT2D eigenvalue weighted by molar-refractivity contribution is 9.10. The summed E-state index contributed by atoms with van der Waals surface area (Å²) in [6, 6.07) is 5.09. The van der Waals surface area contributed by atoms with Crippen molar-refractivity contribution in [2.45, 2.75) is 27.2 Å². The van der Waals surface area contributed by atoms with E-state index in [1.54, 1.807) is 18.2 Å². The average Bonchev–Trinajstić information content (AvgIpc) is 2.19. The molecular weight excluding hydrogens is 282 g/mol. The number of carbonyl (C=O) groups excluding carboxylic acids is 1. The van der Waals surface area contributed by atoms with Crippen LogP contribution in [0.5, 0.6) is 0 Å². The molecule has 0 saturated heterocycles. The first-order valence-corrected chi connectivity index (χ1v) is 6.31. The Morgan fingerprint density at radius 3 is 2.65 bits per heavy atom. The van der Waals surface area contributed by atoms with E-state index < -0.39 is 0 Å². The molecule has 17 heavy (non-hydrogen) atoms. The number of carbonyl (C=O) groups is 1. The molecule has 0 aliphatic carbocycles. The maximum absolute atomic E-state index is 11.8. The van der Waals surface area contributed by atoms with Gasteiger partial charge in [-0.25, -0.2) is 4.79 Å². The van der Waals surface area contributed by atoms with Crippen LogP contribution in [0, 0.1) is 5.41 Å². The van der Waals surface area contributed by atoms with Crippen molar-refractivity contribution in [1.82, 2.24) is 0 Å². The predicted octanol–water partition coefficient (Wildman–Crippen LogP) is 3.62. The third-order valence-corrected chi connectivity index (χ3v) is 2.99. The molecule has 0 unspecified atom stereocenters. The highest BCUT2D eigenvalue weighted by Crippen LogP contribution is 2.22. The van der Waals surface area contributed by atoms with Crippen molar-refractivity contribution in [3.05, 3.63) is 28.2 Å². The van der Waals surface area contributed by atoms with E-state index in [1.165, 1.54) is 0 Å². The summed E-state index contributed by atoms with van der Waals surface area (Å²) in [5, 5.41) is 0. The summed E-state index contributed by atoms with van der Waals surface area (Å²) < 4.78 is 5.92. The second-order valence-corrected chi connectivity index (χ2v) is 6.04. The molecule has 0 aliphatic heterocycles. The number of rotatable bonds is 3. The van der Waals surface area contributed by atoms with Gasteiger partial charge in [-0.3, -0.25) is 0 Å². The summed E-state index contributed by atoms with van der Waals surface area (Å²) >= 11 is 3.31. The highest BCUT2D eigenvalue weighted by atomic mass is 79.9. The molecule has 0 atom stereocenters. The molecule has 0 fully saturated rings. The molecule has 0 radical (unpaired) electrons. The van der Waals surface area contributed by atoms with E-state index in [1.807, 2.05) is 0 Å². The summed E-state index contributed by atoms with van der Waals surface area (Å²) in [5.41, 5.74) is 6.82. The monoisotopic (exact) mass is 299 g/mol. The van der Waals surface area contributed by atoms with Gasteiger partial charge in [0.15, 0.2) is 0 Å². The van der Waals surface area contributed by atoms with Crippen LogP contribution >= 0.6 is 15.9 Å². The van der Waals surface area contributed by atoms with E-state index in [0.29, 0.717) is 22.3 Å². The zero-order chi connectivity index (χ0) is 13.1. The van der Waals surface area contributed by atoms with Crippen molar-refractivity contribution in [3.63, 3.8) is 0 Å². The van der Waals surface area contributed by atoms with Gasteiger partial charge in [0.05, 0.1) is 12.2 Å². The summed E-state index contributed by atoms with van der Waals surface area (Å²) in [5.74, 6) is -0.339. The largest absolute Gasteiger partial charge is 0.462 e. The number of hydrogen-bond acceptors (Lipinski definition) is 3. The smallest absolute Gasteiger partial charge is 0.339 e. The Morgan fingerprint density at radius 1 is 1.41 bits per heavy atom. The SMILES string of the molecule is CC(C)(C)CCOC(=O)c1cc(N)ccc1Br. The summed E-state index contributed by atoms with van der Waals surface area (Å²) in [6.07, 6.45) is 0.832. The van der Waals surface area contributed by atoms with Gasteiger partial charge in [-0.1, -0.05) is 20.8 Å². The van der Waals surface area contributed by atoms with Crippen molar-refractivity contribution in [2.24, 2.45) is 5.41 Å². The minimum Gasteiger partial charge on any atom is -0.462 e. The Bertz CT molecular complexity index is 410. The first-order chi connectivity index (χ1) is 7.79. The minimum atomic E-state index is -0.339. The Kier molecular flexibility index (Phi) is 4.57. The maximum Gasteiger partial charge on any atom is 0.339 e. The van der Waals surface area contributed by atoms with E-state index in [0.717, 1.165) is 6.42 Å². The molecule has 0 aliphatic rings. The van der Waals surface area contributed by atoms with Crippen LogP contribution < -0.4 is 5.73 Å². The van der Waals surface area contributed by atoms with Crippen LogP contribution in [0.1, 0.15) is 37.6 Å². The van der Waals surface area contributed by atoms with E-state index in [9.17, 15) is 4.79 Å². The van der Waals surface area contributed by atoms with E-state index in [4.69, 9.17) is 10.5 Å². The number of nitrogen functional groups attached to an aromatic ring is 1. The van der Waals surface area contributed by atoms with Gasteiger partial charge in [0.2, 0.25) is 0 Å². The Balaban J connectivity index is 2.61. The summed E-state index contributed by atoms with van der Waals surface area (Å²) in [7, 11) is 0. The van der Waals surface area contributed by atoms with Crippen molar-refractivity contribution in [2.75, 3.05) is 12.3 Å². The maximum atomic E-state index is 11.8. The summed E-state index contributed by atoms with van der Waals surface area (Å²) in [6.45, 7) is 6.75. The lowest BCUT2D eigenvalue weighted by atomic mass is 9.93. The molecule has 0 amide bonds. The molecule has 0 aromatic heterocycles. The molecule has 0 spiro atoms. The fourth-order valence-corrected chi connectivity index (χ4v) is 1.64. The molecule has 1 aromatic rings. The van der Waals surface area contributed by atoms with Gasteiger partial charge >= 0.3 is 5.97 Å². The molecule has 1 rings (SSSR count). The fraction of sp³-hybridized carbons (Fsp3) is 0.462. The lowest BCUT2D eigenvalue weighted by Crippen LogP contribution is -2.13. The van der Waals surface area contributed by atoms with Crippen LogP contribution in [-0.2, 0) is 4.74 Å². The van der Waals surface area contributed by atoms with Gasteiger partial charge < -0.3 is 10.5 Å². The molecule has 3 nitrogen and oxygen atoms in total. The number of halogens is 1. The Labute approximate surface area is 110 Å². The zero-order valence-corrected chi connectivity index (χ0v) is 12.0. The minimum absolute atomic E-state index is 0.160. The first-order valence-electron chi connectivity index (χ1n) is 5.52. The Hall–Kier alpha value is -1.03. The topological polar surface area (TPSA) is 52.3 Å². The second-order valence-electron chi connectivity index (χ2n) is 5.19. The zero-order valence-electron chi connectivity index (χ0n) is 10.4. The van der Waals surface area contributed by atoms with Gasteiger partial charge in [-0.05, 0) is 46.0 Å². The van der Waals surface area contributed by atoms with Crippen molar-refractivity contribution < 1.29 is 9.53 Å². The van der Waals surface area contributed by atoms with Gasteiger partial charge in [0.25, 0.3) is 0 Å². The van der Waals surface area contributed by atoms with Gasteiger partial charge in [-0.2, -0.15) is 0 Å². The van der Waals surface area contributed by atoms with Crippen molar-refractivity contribution in [1.29, 1.82) is 0 Å². The van der Waals surface area contributed by atoms with Crippen LogP contribution in [0.3, 0.4) is 0 Å². The van der Waals surface area contributed by atoms with Gasteiger partial charge in [-0.15, -0.1) is 0 Å². The molecule has 0 saturated carbocycles. The molecule has 1 aromatic carbocycles. The van der Waals surface area contributed by atoms with Crippen LogP contribution in [0.4, 0.5) is 5.69 Å². The predicted molar refractivity (Wildman–Crippen MR) is 72.9 cm³/mol. The number of ether oxygens (including phenoxy) is 1. The number of benzene rings is 1. The quantitative estimate of drug-likeness (QED) is 0.685. The third kappa shape index (κ3) is 4.77. The first kappa shape index (κ1) is 14.0. The van der Waals surface area contributed by atoms with Crippen molar-refractivity contribution in [3.8, 4) is 0 Å². The highest BCUT2D eigenvalue weighted by Gasteiger charge is 2.14. The summed E-state index contributed by atoms with van der Waals surface area (Å²) in [4.78, 5) is 11.8. The second kappa shape index (κ2) is 5.54. The Morgan fingerprint density at radius 2 is 2.06 bits per heavy atom. The molecule has 2 N–H and O–H groups in total. The number of anilines is 1. The molecule has 94 valence electrons. The van der Waals surface area contributed by atoms with Gasteiger partial charge in [0, 0.05) is 10.2 Å². The van der Waals surface area contributed by atoms with E-state index in [-0.39, 0.29) is 11.4 Å². The fourth-order valence-electron chi connectivity index (χ4n) is 1.23. The van der Waals surface area contributed by atoms with Gasteiger partial charge in [0.1, 0.15) is 0 Å². The van der Waals surface area contributed by atoms with E-state index in [2.05, 4.69) is 36.7 Å². The van der Waals surface area contributed by atoms with Crippen LogP contribution in [0.15, 0.2) is 22.7 Å². The van der Waals surface area contributed by atoms with Crippen LogP contribution in [0.2, 0.25) is 0 Å².